The Hall–Kier alpha value is -0.120. The zero-order chi connectivity index (χ0) is 14.4. The van der Waals surface area contributed by atoms with Crippen LogP contribution in [0, 0.1) is 17.8 Å². The van der Waals surface area contributed by atoms with Gasteiger partial charge in [-0.15, -0.1) is 0 Å². The van der Waals surface area contributed by atoms with Crippen LogP contribution in [0.25, 0.3) is 0 Å². The van der Waals surface area contributed by atoms with E-state index < -0.39 is 0 Å². The Morgan fingerprint density at radius 3 is 2.62 bits per heavy atom. The molecule has 0 spiro atoms. The summed E-state index contributed by atoms with van der Waals surface area (Å²) < 4.78 is 0. The van der Waals surface area contributed by atoms with E-state index in [9.17, 15) is 5.11 Å². The maximum Gasteiger partial charge on any atom is 0.0614 e. The molecule has 4 fully saturated rings. The fraction of sp³-hybridized carbons (Fsp3) is 1.00. The van der Waals surface area contributed by atoms with E-state index in [1.165, 1.54) is 51.5 Å². The molecule has 2 bridgehead atoms. The highest BCUT2D eigenvalue weighted by atomic mass is 16.3. The molecule has 0 radical (unpaired) electrons. The molecule has 4 aliphatic carbocycles. The highest BCUT2D eigenvalue weighted by Gasteiger charge is 2.45. The maximum absolute atomic E-state index is 9.88. The van der Waals surface area contributed by atoms with Crippen molar-refractivity contribution >= 4 is 0 Å². The Morgan fingerprint density at radius 2 is 2.00 bits per heavy atom. The molecule has 0 aromatic heterocycles. The van der Waals surface area contributed by atoms with Gasteiger partial charge in [-0.2, -0.15) is 0 Å². The zero-order valence-electron chi connectivity index (χ0n) is 13.6. The van der Waals surface area contributed by atoms with Gasteiger partial charge in [-0.25, -0.2) is 0 Å². The molecule has 0 saturated heterocycles. The number of hydrogen-bond donors (Lipinski definition) is 2. The van der Waals surface area contributed by atoms with Crippen molar-refractivity contribution in [1.29, 1.82) is 0 Å². The molecule has 0 aliphatic heterocycles. The average molecular weight is 292 g/mol. The normalized spacial score (nSPS) is 45.9. The summed E-state index contributed by atoms with van der Waals surface area (Å²) in [5, 5.41) is 13.6. The zero-order valence-corrected chi connectivity index (χ0v) is 13.6. The first-order valence-electron chi connectivity index (χ1n) is 9.26. The molecule has 0 amide bonds. The van der Waals surface area contributed by atoms with Gasteiger partial charge in [0.05, 0.1) is 6.61 Å². The molecule has 3 nitrogen and oxygen atoms in total. The van der Waals surface area contributed by atoms with Crippen LogP contribution in [0.5, 0.6) is 0 Å². The number of hydrogen-bond acceptors (Lipinski definition) is 3. The molecule has 0 aromatic rings. The molecule has 4 aliphatic rings. The molecule has 5 atom stereocenters. The lowest BCUT2D eigenvalue weighted by Crippen LogP contribution is -2.49. The summed E-state index contributed by atoms with van der Waals surface area (Å²) in [6.45, 7) is 1.62. The monoisotopic (exact) mass is 292 g/mol. The molecule has 3 heteroatoms. The number of nitrogens with one attached hydrogen (secondary N) is 1. The van der Waals surface area contributed by atoms with E-state index in [4.69, 9.17) is 0 Å². The number of rotatable bonds is 6. The SMILES string of the molecule is CN(CC1CC2CCC1C2)C1CCC(CO)(NC2CC2)C1. The first-order valence-corrected chi connectivity index (χ1v) is 9.26. The predicted octanol–water partition coefficient (Wildman–Crippen LogP) is 2.39. The molecule has 2 N–H and O–H groups in total. The Labute approximate surface area is 129 Å². The van der Waals surface area contributed by atoms with Gasteiger partial charge in [-0.1, -0.05) is 6.42 Å². The quantitative estimate of drug-likeness (QED) is 0.789. The fourth-order valence-corrected chi connectivity index (χ4v) is 5.57. The van der Waals surface area contributed by atoms with Crippen LogP contribution in [0.4, 0.5) is 0 Å². The minimum Gasteiger partial charge on any atom is -0.394 e. The summed E-state index contributed by atoms with van der Waals surface area (Å²) in [4.78, 5) is 2.64. The molecule has 0 heterocycles. The second-order valence-electron chi connectivity index (χ2n) is 8.63. The first kappa shape index (κ1) is 14.5. The van der Waals surface area contributed by atoms with Gasteiger partial charge in [0.15, 0.2) is 0 Å². The number of nitrogens with zero attached hydrogens (tertiary/aromatic N) is 1. The minimum absolute atomic E-state index is 0.0365. The smallest absolute Gasteiger partial charge is 0.0614 e. The minimum atomic E-state index is 0.0365. The molecule has 120 valence electrons. The summed E-state index contributed by atoms with van der Waals surface area (Å²) in [6, 6.07) is 1.38. The van der Waals surface area contributed by atoms with Gasteiger partial charge >= 0.3 is 0 Å². The van der Waals surface area contributed by atoms with Gasteiger partial charge in [0.1, 0.15) is 0 Å². The third kappa shape index (κ3) is 2.89. The molecular weight excluding hydrogens is 260 g/mol. The van der Waals surface area contributed by atoms with E-state index in [1.807, 2.05) is 0 Å². The van der Waals surface area contributed by atoms with Gasteiger partial charge in [0.2, 0.25) is 0 Å². The third-order valence-electron chi connectivity index (χ3n) is 7.00. The highest BCUT2D eigenvalue weighted by Crippen LogP contribution is 2.49. The lowest BCUT2D eigenvalue weighted by molar-refractivity contribution is 0.136. The van der Waals surface area contributed by atoms with Crippen molar-refractivity contribution in [2.45, 2.75) is 75.4 Å². The molecule has 21 heavy (non-hydrogen) atoms. The van der Waals surface area contributed by atoms with Crippen LogP contribution in [-0.2, 0) is 0 Å². The predicted molar refractivity (Wildman–Crippen MR) is 85.2 cm³/mol. The fourth-order valence-electron chi connectivity index (χ4n) is 5.57. The van der Waals surface area contributed by atoms with Crippen LogP contribution < -0.4 is 5.32 Å². The largest absolute Gasteiger partial charge is 0.394 e. The number of aliphatic hydroxyl groups excluding tert-OH is 1. The average Bonchev–Trinajstić information content (AvgIpc) is 2.92. The van der Waals surface area contributed by atoms with Crippen molar-refractivity contribution in [3.63, 3.8) is 0 Å². The van der Waals surface area contributed by atoms with Crippen LogP contribution in [0.3, 0.4) is 0 Å². The summed E-state index contributed by atoms with van der Waals surface area (Å²) in [6.07, 6.45) is 12.2. The van der Waals surface area contributed by atoms with Crippen molar-refractivity contribution in [3.05, 3.63) is 0 Å². The second-order valence-corrected chi connectivity index (χ2v) is 8.63. The second kappa shape index (κ2) is 5.50. The van der Waals surface area contributed by atoms with Gasteiger partial charge < -0.3 is 15.3 Å². The van der Waals surface area contributed by atoms with Crippen LogP contribution in [0.15, 0.2) is 0 Å². The van der Waals surface area contributed by atoms with Gasteiger partial charge in [-0.05, 0) is 76.2 Å². The molecule has 5 unspecified atom stereocenters. The van der Waals surface area contributed by atoms with Crippen LogP contribution in [0.1, 0.15) is 57.8 Å². The van der Waals surface area contributed by atoms with Crippen LogP contribution in [0.2, 0.25) is 0 Å². The van der Waals surface area contributed by atoms with Crippen LogP contribution in [-0.4, -0.2) is 47.8 Å². The van der Waals surface area contributed by atoms with Crippen molar-refractivity contribution < 1.29 is 5.11 Å². The maximum atomic E-state index is 9.88. The summed E-state index contributed by atoms with van der Waals surface area (Å²) in [5.74, 6) is 3.06. The summed E-state index contributed by atoms with van der Waals surface area (Å²) in [7, 11) is 2.33. The van der Waals surface area contributed by atoms with E-state index in [0.29, 0.717) is 18.7 Å². The Morgan fingerprint density at radius 1 is 1.14 bits per heavy atom. The molecular formula is C18H32N2O. The Kier molecular flexibility index (Phi) is 3.79. The lowest BCUT2D eigenvalue weighted by atomic mass is 9.88. The van der Waals surface area contributed by atoms with E-state index in [0.717, 1.165) is 30.6 Å². The van der Waals surface area contributed by atoms with E-state index in [1.54, 1.807) is 0 Å². The lowest BCUT2D eigenvalue weighted by Gasteiger charge is -2.33. The van der Waals surface area contributed by atoms with E-state index in [-0.39, 0.29) is 5.54 Å². The number of fused-ring (bicyclic) bond motifs is 2. The van der Waals surface area contributed by atoms with Gasteiger partial charge in [0.25, 0.3) is 0 Å². The van der Waals surface area contributed by atoms with Crippen LogP contribution >= 0.6 is 0 Å². The van der Waals surface area contributed by atoms with Crippen molar-refractivity contribution in [2.75, 3.05) is 20.2 Å². The van der Waals surface area contributed by atoms with Crippen molar-refractivity contribution in [3.8, 4) is 0 Å². The Balaban J connectivity index is 1.31. The standard InChI is InChI=1S/C18H32N2O/c1-20(11-15-9-13-2-3-14(15)8-13)17-6-7-18(10-17,12-21)19-16-4-5-16/h13-17,19,21H,2-12H2,1H3. The van der Waals surface area contributed by atoms with Crippen molar-refractivity contribution in [2.24, 2.45) is 17.8 Å². The molecule has 0 aromatic carbocycles. The Bertz CT molecular complexity index is 383. The van der Waals surface area contributed by atoms with Gasteiger partial charge in [0, 0.05) is 24.2 Å². The van der Waals surface area contributed by atoms with Crippen molar-refractivity contribution in [1.82, 2.24) is 10.2 Å². The topological polar surface area (TPSA) is 35.5 Å². The molecule has 4 rings (SSSR count). The van der Waals surface area contributed by atoms with E-state index in [2.05, 4.69) is 17.3 Å². The highest BCUT2D eigenvalue weighted by molar-refractivity contribution is 5.03. The van der Waals surface area contributed by atoms with E-state index >= 15 is 0 Å². The number of aliphatic hydroxyl groups is 1. The first-order chi connectivity index (χ1) is 10.2. The summed E-state index contributed by atoms with van der Waals surface area (Å²) >= 11 is 0. The third-order valence-corrected chi connectivity index (χ3v) is 7.00. The molecule has 4 saturated carbocycles. The van der Waals surface area contributed by atoms with Gasteiger partial charge in [-0.3, -0.25) is 0 Å². The summed E-state index contributed by atoms with van der Waals surface area (Å²) in [5.41, 5.74) is 0.0365.